The van der Waals surface area contributed by atoms with E-state index in [-0.39, 0.29) is 0 Å². The highest BCUT2D eigenvalue weighted by molar-refractivity contribution is 7.06. The SMILES string of the molecule is CN(C(=O)F)c1cccc([Si](C)(C)CC[Si](C)(C)C[Si](CC[Si](C[SiH](C)C)(C[SiH](C)C)C[SiH](C)C)(C[SiH](C)C)C[SiH](C)C)c1. The predicted octanol–water partition coefficient (Wildman–Crippen LogP) is 9.40. The Morgan fingerprint density at radius 2 is 1.07 bits per heavy atom. The van der Waals surface area contributed by atoms with Gasteiger partial charge in [-0.3, -0.25) is 4.90 Å². The molecule has 1 aromatic carbocycles. The fourth-order valence-corrected chi connectivity index (χ4v) is 80.6. The second kappa shape index (κ2) is 18.4. The number of benzene rings is 1. The third-order valence-electron chi connectivity index (χ3n) is 9.95. The fourth-order valence-electron chi connectivity index (χ4n) is 9.07. The van der Waals surface area contributed by atoms with Gasteiger partial charge in [0, 0.05) is 80.9 Å². The Balaban J connectivity index is 3.38. The van der Waals surface area contributed by atoms with Crippen LogP contribution in [0.4, 0.5) is 14.9 Å². The van der Waals surface area contributed by atoms with Gasteiger partial charge in [0.05, 0.1) is 8.07 Å². The molecule has 2 nitrogen and oxygen atoms in total. The quantitative estimate of drug-likeness (QED) is 0.0738. The molecule has 0 aliphatic rings. The van der Waals surface area contributed by atoms with E-state index in [1.54, 1.807) is 53.1 Å². The van der Waals surface area contributed by atoms with E-state index in [1.165, 1.54) is 17.3 Å². The highest BCUT2D eigenvalue weighted by atomic mass is 28.4. The first kappa shape index (κ1) is 42.6. The third kappa shape index (κ3) is 15.2. The van der Waals surface area contributed by atoms with Crippen molar-refractivity contribution >= 4 is 93.3 Å². The van der Waals surface area contributed by atoms with Crippen molar-refractivity contribution in [1.82, 2.24) is 0 Å². The second-order valence-electron chi connectivity index (χ2n) is 18.6. The third-order valence-corrected chi connectivity index (χ3v) is 59.0. The molecule has 0 heterocycles. The smallest absolute Gasteiger partial charge is 0.287 e. The maximum atomic E-state index is 13.5. The van der Waals surface area contributed by atoms with Gasteiger partial charge in [0.15, 0.2) is 0 Å². The van der Waals surface area contributed by atoms with E-state index >= 15 is 0 Å². The van der Waals surface area contributed by atoms with Gasteiger partial charge in [-0.15, -0.1) is 4.39 Å². The van der Waals surface area contributed by atoms with Crippen molar-refractivity contribution in [2.75, 3.05) is 11.9 Å². The Morgan fingerprint density at radius 3 is 1.48 bits per heavy atom. The highest BCUT2D eigenvalue weighted by Crippen LogP contribution is 2.41. The molecule has 0 radical (unpaired) electrons. The molecular weight excluding hydrogens is 686 g/mol. The lowest BCUT2D eigenvalue weighted by molar-refractivity contribution is 0.229. The Labute approximate surface area is 286 Å². The summed E-state index contributed by atoms with van der Waals surface area (Å²) in [5.74, 6) is 0. The molecule has 256 valence electrons. The van der Waals surface area contributed by atoms with Crippen LogP contribution in [-0.4, -0.2) is 89.5 Å². The summed E-state index contributed by atoms with van der Waals surface area (Å²) in [5, 5.41) is 1.37. The molecule has 1 aromatic rings. The summed E-state index contributed by atoms with van der Waals surface area (Å²) < 4.78 is 13.5. The van der Waals surface area contributed by atoms with E-state index in [4.69, 9.17) is 0 Å². The van der Waals surface area contributed by atoms with E-state index in [0.717, 1.165) is 4.90 Å². The number of carbonyl (C=O) groups excluding carboxylic acids is 1. The average molecular weight is 761 g/mol. The molecule has 12 heteroatoms. The second-order valence-corrected chi connectivity index (χ2v) is 58.8. The normalized spacial score (nSPS) is 13.7. The lowest BCUT2D eigenvalue weighted by atomic mass is 10.3. The molecule has 44 heavy (non-hydrogen) atoms. The van der Waals surface area contributed by atoms with Crippen molar-refractivity contribution in [2.45, 2.75) is 150 Å². The minimum absolute atomic E-state index is 0.565. The standard InChI is InChI=1S/C32H74FNOSi9/c1-34(32(33)35)30-17-16-18-31(23-30)42(14,15)20-19-41(12,13)29-44(27-39(8)9,28-40(10)11)22-21-43(24-36(2)3,25-37(4)5)26-38(6)7/h16-18,23,36-40H,19-22,24-29H2,1-15H3. The summed E-state index contributed by atoms with van der Waals surface area (Å²) in [6.07, 6.45) is -1.38. The maximum Gasteiger partial charge on any atom is 0.404 e. The number of anilines is 1. The summed E-state index contributed by atoms with van der Waals surface area (Å²) in [5.41, 5.74) is 11.0. The largest absolute Gasteiger partial charge is 0.404 e. The summed E-state index contributed by atoms with van der Waals surface area (Å²) in [4.78, 5) is 12.6. The molecule has 0 aliphatic heterocycles. The van der Waals surface area contributed by atoms with E-state index in [2.05, 4.69) is 104 Å². The predicted molar refractivity (Wildman–Crippen MR) is 230 cm³/mol. The van der Waals surface area contributed by atoms with Crippen molar-refractivity contribution < 1.29 is 9.18 Å². The van der Waals surface area contributed by atoms with E-state index in [0.29, 0.717) is 5.69 Å². The van der Waals surface area contributed by atoms with Crippen LogP contribution < -0.4 is 10.1 Å². The van der Waals surface area contributed by atoms with Gasteiger partial charge in [-0.1, -0.05) is 167 Å². The number of amides is 1. The van der Waals surface area contributed by atoms with Crippen LogP contribution in [0, 0.1) is 0 Å². The van der Waals surface area contributed by atoms with Gasteiger partial charge in [0.1, 0.15) is 0 Å². The molecule has 0 saturated heterocycles. The minimum Gasteiger partial charge on any atom is -0.287 e. The van der Waals surface area contributed by atoms with Crippen molar-refractivity contribution in [3.63, 3.8) is 0 Å². The van der Waals surface area contributed by atoms with Gasteiger partial charge in [0.25, 0.3) is 0 Å². The molecule has 0 N–H and O–H groups in total. The van der Waals surface area contributed by atoms with Crippen molar-refractivity contribution in [3.05, 3.63) is 24.3 Å². The molecular formula is C32H74FNOSi9. The molecule has 0 bridgehead atoms. The zero-order chi connectivity index (χ0) is 34.1. The van der Waals surface area contributed by atoms with Crippen LogP contribution in [0.2, 0.25) is 150 Å². The van der Waals surface area contributed by atoms with Crippen LogP contribution in [0.25, 0.3) is 0 Å². The zero-order valence-electron chi connectivity index (χ0n) is 32.0. The number of rotatable bonds is 20. The summed E-state index contributed by atoms with van der Waals surface area (Å²) in [6.45, 7) is 37.3. The number of halogens is 1. The molecule has 0 aliphatic carbocycles. The fraction of sp³-hybridized carbons (Fsp3) is 0.781. The summed E-state index contributed by atoms with van der Waals surface area (Å²) in [7, 11) is -7.08. The van der Waals surface area contributed by atoms with Crippen molar-refractivity contribution in [2.24, 2.45) is 0 Å². The molecule has 1 amide bonds. The van der Waals surface area contributed by atoms with Crippen LogP contribution in [0.15, 0.2) is 24.3 Å². The van der Waals surface area contributed by atoms with Crippen LogP contribution in [0.1, 0.15) is 0 Å². The van der Waals surface area contributed by atoms with Gasteiger partial charge in [0.2, 0.25) is 0 Å². The van der Waals surface area contributed by atoms with E-state index in [9.17, 15) is 9.18 Å². The highest BCUT2D eigenvalue weighted by Gasteiger charge is 2.44. The molecule has 0 atom stereocenters. The van der Waals surface area contributed by atoms with Crippen molar-refractivity contribution in [1.29, 1.82) is 0 Å². The minimum atomic E-state index is -1.72. The van der Waals surface area contributed by atoms with Crippen LogP contribution in [0.5, 0.6) is 0 Å². The molecule has 0 aromatic heterocycles. The van der Waals surface area contributed by atoms with E-state index in [1.807, 2.05) is 12.1 Å². The van der Waals surface area contributed by atoms with Gasteiger partial charge < -0.3 is 0 Å². The van der Waals surface area contributed by atoms with Crippen molar-refractivity contribution in [3.8, 4) is 0 Å². The van der Waals surface area contributed by atoms with Gasteiger partial charge in [-0.05, 0) is 12.1 Å². The maximum absolute atomic E-state index is 13.5. The topological polar surface area (TPSA) is 20.3 Å². The molecule has 0 fully saturated rings. The number of hydrogen-bond donors (Lipinski definition) is 0. The molecule has 0 saturated carbocycles. The Hall–Kier alpha value is 0.572. The Morgan fingerprint density at radius 1 is 0.659 bits per heavy atom. The number of nitrogens with zero attached hydrogens (tertiary/aromatic N) is 1. The van der Waals surface area contributed by atoms with Crippen LogP contribution in [0.3, 0.4) is 0 Å². The zero-order valence-corrected chi connectivity index (χ0v) is 41.8. The lowest BCUT2D eigenvalue weighted by Gasteiger charge is -2.44. The first-order valence-electron chi connectivity index (χ1n) is 18.1. The molecule has 1 rings (SSSR count). The monoisotopic (exact) mass is 759 g/mol. The number of carbonyl (C=O) groups is 1. The summed E-state index contributed by atoms with van der Waals surface area (Å²) in [6, 6.07) is 14.4. The van der Waals surface area contributed by atoms with E-state index < -0.39 is 82.4 Å². The Kier molecular flexibility index (Phi) is 17.8. The first-order valence-corrected chi connectivity index (χ1v) is 46.0. The van der Waals surface area contributed by atoms with Gasteiger partial charge in [-0.25, -0.2) is 4.79 Å². The Bertz CT molecular complexity index is 981. The van der Waals surface area contributed by atoms with Gasteiger partial charge in [-0.2, -0.15) is 0 Å². The van der Waals surface area contributed by atoms with Crippen LogP contribution >= 0.6 is 0 Å². The van der Waals surface area contributed by atoms with Gasteiger partial charge >= 0.3 is 6.16 Å². The average Bonchev–Trinajstić information content (AvgIpc) is 2.83. The van der Waals surface area contributed by atoms with Crippen LogP contribution in [-0.2, 0) is 0 Å². The first-order chi connectivity index (χ1) is 20.0. The lowest BCUT2D eigenvalue weighted by Crippen LogP contribution is -2.52. The molecule has 0 unspecified atom stereocenters. The number of hydrogen-bond acceptors (Lipinski definition) is 1. The summed E-state index contributed by atoms with van der Waals surface area (Å²) >= 11 is 0. The molecule has 0 spiro atoms.